The summed E-state index contributed by atoms with van der Waals surface area (Å²) in [6.45, 7) is 11.2. The van der Waals surface area contributed by atoms with E-state index in [1.165, 1.54) is 22.8 Å². The number of hydrogen-bond acceptors (Lipinski definition) is 8. The molecule has 0 aliphatic heterocycles. The van der Waals surface area contributed by atoms with Gasteiger partial charge < -0.3 is 19.9 Å². The molecule has 0 radical (unpaired) electrons. The summed E-state index contributed by atoms with van der Waals surface area (Å²) in [5, 5.41) is 0. The van der Waals surface area contributed by atoms with Crippen LogP contribution in [0.5, 0.6) is 0 Å². The number of benzene rings is 1. The highest BCUT2D eigenvalue weighted by Gasteiger charge is 2.34. The molecule has 3 N–H and O–H groups in total. The van der Waals surface area contributed by atoms with Gasteiger partial charge in [0.25, 0.3) is 0 Å². The van der Waals surface area contributed by atoms with Gasteiger partial charge in [0, 0.05) is 12.8 Å². The number of nitrogens with zero attached hydrogens (tertiary/aromatic N) is 5. The summed E-state index contributed by atoms with van der Waals surface area (Å²) in [4.78, 5) is 49.5. The Morgan fingerprint density at radius 2 is 1.80 bits per heavy atom. The Labute approximate surface area is 236 Å². The lowest BCUT2D eigenvalue weighted by molar-refractivity contribution is -0.160. The summed E-state index contributed by atoms with van der Waals surface area (Å²) in [5.41, 5.74) is 5.94. The lowest BCUT2D eigenvalue weighted by atomic mass is 10.0. The van der Waals surface area contributed by atoms with Gasteiger partial charge in [-0.15, -0.1) is 0 Å². The second kappa shape index (κ2) is 14.2. The number of aromatic nitrogens is 4. The van der Waals surface area contributed by atoms with Gasteiger partial charge in [-0.25, -0.2) is 33.1 Å². The summed E-state index contributed by atoms with van der Waals surface area (Å²) < 4.78 is 25.6. The Morgan fingerprint density at radius 1 is 1.18 bits per heavy atom. The highest BCUT2D eigenvalue weighted by molar-refractivity contribution is 7.79. The van der Waals surface area contributed by atoms with Crippen LogP contribution < -0.4 is 11.4 Å². The molecule has 0 saturated carbocycles. The van der Waals surface area contributed by atoms with Gasteiger partial charge in [-0.3, -0.25) is 4.57 Å². The standard InChI is InChI=1S/C24H32N6O4.C3H8O2S/c1-15(2)12-17(21(31)34-24(3,4)5)28(6)22(32)30-18-19(25)26-14-27-20(18)29(23(30)33)13-16-10-8-7-9-11-16;1-2-3-6(4)5/h7-11,14-15,17H,12-13H2,1-6H3,(H2,25,26,27);2-3H2,1H3,(H,4,5)/t17-;/m0./s1. The molecule has 3 rings (SSSR count). The number of imidazole rings is 1. The number of fused-ring (bicyclic) bond motifs is 1. The molecule has 0 bridgehead atoms. The van der Waals surface area contributed by atoms with E-state index in [-0.39, 0.29) is 29.4 Å². The molecule has 2 atom stereocenters. The first-order valence-electron chi connectivity index (χ1n) is 13.0. The van der Waals surface area contributed by atoms with Crippen molar-refractivity contribution in [2.75, 3.05) is 18.5 Å². The maximum absolute atomic E-state index is 13.6. The lowest BCUT2D eigenvalue weighted by Gasteiger charge is -2.30. The van der Waals surface area contributed by atoms with Crippen molar-refractivity contribution >= 4 is 40.1 Å². The third kappa shape index (κ3) is 8.71. The maximum Gasteiger partial charge on any atom is 0.339 e. The minimum Gasteiger partial charge on any atom is -0.458 e. The van der Waals surface area contributed by atoms with E-state index in [1.54, 1.807) is 20.8 Å². The third-order valence-electron chi connectivity index (χ3n) is 5.63. The van der Waals surface area contributed by atoms with Gasteiger partial charge in [0.2, 0.25) is 0 Å². The molecule has 1 aromatic carbocycles. The van der Waals surface area contributed by atoms with Crippen LogP contribution in [0.4, 0.5) is 10.6 Å². The van der Waals surface area contributed by atoms with Gasteiger partial charge in [-0.1, -0.05) is 51.1 Å². The number of likely N-dealkylation sites (N-methyl/N-ethyl adjacent to an activating group) is 1. The summed E-state index contributed by atoms with van der Waals surface area (Å²) in [5.74, 6) is -0.0481. The minimum atomic E-state index is -1.57. The van der Waals surface area contributed by atoms with E-state index < -0.39 is 40.4 Å². The van der Waals surface area contributed by atoms with Gasteiger partial charge in [-0.2, -0.15) is 0 Å². The van der Waals surface area contributed by atoms with Crippen molar-refractivity contribution < 1.29 is 23.1 Å². The second-order valence-electron chi connectivity index (χ2n) is 10.7. The number of carbonyl (C=O) groups is 2. The molecule has 2 aromatic heterocycles. The Kier molecular flexibility index (Phi) is 11.6. The van der Waals surface area contributed by atoms with Crippen molar-refractivity contribution in [3.63, 3.8) is 0 Å². The average Bonchev–Trinajstić information content (AvgIpc) is 3.13. The molecule has 12 nitrogen and oxygen atoms in total. The van der Waals surface area contributed by atoms with Crippen molar-refractivity contribution in [1.29, 1.82) is 0 Å². The molecule has 3 aromatic rings. The number of nitrogens with two attached hydrogens (primary N) is 1. The quantitative estimate of drug-likeness (QED) is 0.302. The van der Waals surface area contributed by atoms with Crippen LogP contribution >= 0.6 is 0 Å². The zero-order valence-electron chi connectivity index (χ0n) is 24.2. The third-order valence-corrected chi connectivity index (χ3v) is 6.39. The smallest absolute Gasteiger partial charge is 0.339 e. The highest BCUT2D eigenvalue weighted by Crippen LogP contribution is 2.21. The maximum atomic E-state index is 13.6. The molecule has 1 amide bonds. The molecular weight excluding hydrogens is 536 g/mol. The molecule has 0 saturated heterocycles. The average molecular weight is 577 g/mol. The van der Waals surface area contributed by atoms with Crippen molar-refractivity contribution in [1.82, 2.24) is 24.0 Å². The number of rotatable bonds is 8. The van der Waals surface area contributed by atoms with E-state index in [0.29, 0.717) is 12.2 Å². The Bertz CT molecular complexity index is 1380. The van der Waals surface area contributed by atoms with E-state index in [4.69, 9.17) is 15.0 Å². The van der Waals surface area contributed by atoms with Crippen LogP contribution in [0.1, 0.15) is 59.9 Å². The lowest BCUT2D eigenvalue weighted by Crippen LogP contribution is -2.49. The molecule has 220 valence electrons. The number of esters is 1. The van der Waals surface area contributed by atoms with Crippen molar-refractivity contribution in [3.8, 4) is 0 Å². The van der Waals surface area contributed by atoms with Gasteiger partial charge >= 0.3 is 17.7 Å². The van der Waals surface area contributed by atoms with E-state index in [0.717, 1.165) is 16.6 Å². The Balaban J connectivity index is 0.000000840. The van der Waals surface area contributed by atoms with Crippen molar-refractivity contribution in [3.05, 3.63) is 52.7 Å². The Morgan fingerprint density at radius 3 is 2.30 bits per heavy atom. The molecule has 0 fully saturated rings. The van der Waals surface area contributed by atoms with Gasteiger partial charge in [0.05, 0.1) is 6.54 Å². The van der Waals surface area contributed by atoms with Crippen LogP contribution in [0.15, 0.2) is 41.5 Å². The number of amides is 1. The van der Waals surface area contributed by atoms with E-state index in [9.17, 15) is 18.6 Å². The molecule has 0 spiro atoms. The number of anilines is 1. The van der Waals surface area contributed by atoms with Crippen LogP contribution in [0.3, 0.4) is 0 Å². The topological polar surface area (TPSA) is 163 Å². The molecule has 0 aliphatic rings. The first-order valence-corrected chi connectivity index (χ1v) is 14.3. The van der Waals surface area contributed by atoms with Crippen LogP contribution in [-0.4, -0.2) is 69.2 Å². The SMILES string of the molecule is CC(C)C[C@@H](C(=O)OC(C)(C)C)N(C)C(=O)n1c(=O)n(Cc2ccccc2)c2ncnc(N)c21.CCCS(=O)O. The molecule has 2 heterocycles. The predicted octanol–water partition coefficient (Wildman–Crippen LogP) is 3.50. The zero-order chi connectivity index (χ0) is 30.2. The fourth-order valence-electron chi connectivity index (χ4n) is 3.88. The first kappa shape index (κ1) is 32.6. The second-order valence-corrected chi connectivity index (χ2v) is 11.8. The van der Waals surface area contributed by atoms with Crippen LogP contribution in [0, 0.1) is 5.92 Å². The highest BCUT2D eigenvalue weighted by atomic mass is 32.2. The molecule has 1 unspecified atom stereocenters. The van der Waals surface area contributed by atoms with Crippen LogP contribution in [0.2, 0.25) is 0 Å². The van der Waals surface area contributed by atoms with Gasteiger partial charge in [0.1, 0.15) is 23.5 Å². The summed E-state index contributed by atoms with van der Waals surface area (Å²) in [6, 6.07) is 7.74. The van der Waals surface area contributed by atoms with Crippen LogP contribution in [-0.2, 0) is 27.2 Å². The zero-order valence-corrected chi connectivity index (χ0v) is 25.0. The normalized spacial score (nSPS) is 12.9. The minimum absolute atomic E-state index is 0.00617. The van der Waals surface area contributed by atoms with Crippen molar-refractivity contribution in [2.45, 2.75) is 72.6 Å². The number of hydrogen-bond donors (Lipinski definition) is 2. The number of carbonyl (C=O) groups excluding carboxylic acids is 2. The summed E-state index contributed by atoms with van der Waals surface area (Å²) in [7, 11) is 1.48. The largest absolute Gasteiger partial charge is 0.458 e. The van der Waals surface area contributed by atoms with E-state index in [1.807, 2.05) is 51.1 Å². The number of nitrogen functional groups attached to an aromatic ring is 1. The summed E-state index contributed by atoms with van der Waals surface area (Å²) in [6.07, 6.45) is 2.39. The van der Waals surface area contributed by atoms with Gasteiger partial charge in [-0.05, 0) is 45.1 Å². The fourth-order valence-corrected chi connectivity index (χ4v) is 4.23. The number of ether oxygens (including phenoxy) is 1. The van der Waals surface area contributed by atoms with E-state index in [2.05, 4.69) is 9.97 Å². The van der Waals surface area contributed by atoms with Crippen LogP contribution in [0.25, 0.3) is 11.2 Å². The predicted molar refractivity (Wildman–Crippen MR) is 155 cm³/mol. The fraction of sp³-hybridized carbons (Fsp3) is 0.519. The Hall–Kier alpha value is -3.58. The summed E-state index contributed by atoms with van der Waals surface area (Å²) >= 11 is -1.57. The molecular formula is C27H40N6O6S. The molecule has 0 aliphatic carbocycles. The van der Waals surface area contributed by atoms with E-state index >= 15 is 0 Å². The van der Waals surface area contributed by atoms with Gasteiger partial charge in [0.15, 0.2) is 22.5 Å². The van der Waals surface area contributed by atoms with Crippen molar-refractivity contribution in [2.24, 2.45) is 5.92 Å². The molecule has 40 heavy (non-hydrogen) atoms. The molecule has 13 heteroatoms. The first-order chi connectivity index (χ1) is 18.7. The monoisotopic (exact) mass is 576 g/mol.